The van der Waals surface area contributed by atoms with Crippen LogP contribution in [0.2, 0.25) is 0 Å². The van der Waals surface area contributed by atoms with Crippen molar-refractivity contribution in [3.8, 4) is 28.1 Å². The summed E-state index contributed by atoms with van der Waals surface area (Å²) in [6.45, 7) is 44.0. The summed E-state index contributed by atoms with van der Waals surface area (Å²) in [6, 6.07) is 14.6. The largest absolute Gasteiger partial charge is 0.488 e. The lowest BCUT2D eigenvalue weighted by Gasteiger charge is -2.22. The highest BCUT2D eigenvalue weighted by Gasteiger charge is 2.31. The third kappa shape index (κ3) is 26.6. The minimum absolute atomic E-state index is 0.149. The summed E-state index contributed by atoms with van der Waals surface area (Å²) in [5.74, 6) is 2.08. The predicted molar refractivity (Wildman–Crippen MR) is 334 cm³/mol. The van der Waals surface area contributed by atoms with E-state index in [2.05, 4.69) is 148 Å². The molecule has 3 heterocycles. The number of hydrogen-bond donors (Lipinski definition) is 4. The van der Waals surface area contributed by atoms with Crippen LogP contribution in [-0.4, -0.2) is 108 Å². The number of amides is 4. The molecule has 1 saturated carbocycles. The summed E-state index contributed by atoms with van der Waals surface area (Å²) in [5.41, 5.74) is 7.73. The molecule has 0 atom stereocenters. The molecule has 80 heavy (non-hydrogen) atoms. The second kappa shape index (κ2) is 45.6. The normalized spacial score (nSPS) is 10.8. The second-order valence-corrected chi connectivity index (χ2v) is 18.2. The number of ether oxygens (including phenoxy) is 4. The van der Waals surface area contributed by atoms with Gasteiger partial charge in [0.05, 0.1) is 44.0 Å². The van der Waals surface area contributed by atoms with Crippen LogP contribution in [0.25, 0.3) is 44.2 Å². The zero-order valence-electron chi connectivity index (χ0n) is 51.6. The number of allylic oxidation sites excluding steroid dienone is 2. The highest BCUT2D eigenvalue weighted by molar-refractivity contribution is 6.07. The summed E-state index contributed by atoms with van der Waals surface area (Å²) in [4.78, 5) is 69.1. The Morgan fingerprint density at radius 2 is 1.19 bits per heavy atom. The number of imidazole rings is 2. The van der Waals surface area contributed by atoms with E-state index in [-0.39, 0.29) is 31.4 Å². The zero-order valence-corrected chi connectivity index (χ0v) is 51.6. The van der Waals surface area contributed by atoms with Crippen LogP contribution in [0, 0.1) is 0 Å². The van der Waals surface area contributed by atoms with Gasteiger partial charge < -0.3 is 49.3 Å². The number of aromatic amines is 2. The van der Waals surface area contributed by atoms with E-state index in [0.717, 1.165) is 93.5 Å². The average molecular weight is 1110 g/mol. The van der Waals surface area contributed by atoms with Crippen molar-refractivity contribution in [3.05, 3.63) is 117 Å². The van der Waals surface area contributed by atoms with Gasteiger partial charge in [-0.15, -0.1) is 39.5 Å². The van der Waals surface area contributed by atoms with Crippen molar-refractivity contribution < 1.29 is 38.1 Å². The van der Waals surface area contributed by atoms with Crippen molar-refractivity contribution in [1.29, 1.82) is 0 Å². The zero-order chi connectivity index (χ0) is 61.0. The third-order valence-corrected chi connectivity index (χ3v) is 10.7. The third-order valence-electron chi connectivity index (χ3n) is 10.7. The molecule has 446 valence electrons. The Balaban J connectivity index is 0. The Morgan fingerprint density at radius 3 is 1.62 bits per heavy atom. The van der Waals surface area contributed by atoms with E-state index < -0.39 is 12.2 Å². The summed E-state index contributed by atoms with van der Waals surface area (Å²) in [7, 11) is 4.26. The molecule has 2 aromatic heterocycles. The molecule has 16 nitrogen and oxygen atoms in total. The Bertz CT molecular complexity index is 2510. The van der Waals surface area contributed by atoms with Crippen molar-refractivity contribution >= 4 is 45.8 Å². The standard InChI is InChI=1S/C40H46N8O7.C5H12O.3C3H8.2C3H6.2C2H4/c1-5-13-47(34(49)18-41-39(51)53-3)20-32-43-30-12-10-24-16-29-27-11-9-25(15-26(27)22-55-31(29)17-28(24)38(30)46-32)37-36(23-7-8-23)44-33(45-37)21-48(14-6-2)35(50)19-42-40(52)54-4;1-3-4-5-6-2;5*1-3-2;2*1-2/h9-12,15-17,23H,5-8,13-14,18-22H2,1-4H3,(H,41,51)(H,42,52)(H,43,46)(H,44,45);3-5H2,1-2H3;3*3H2,1-2H3;2*3H,1H2,2H3;2*1-2H2. The molecule has 16 heteroatoms. The smallest absolute Gasteiger partial charge is 0.407 e. The molecule has 3 aromatic carbocycles. The number of carbonyl (C=O) groups is 4. The lowest BCUT2D eigenvalue weighted by atomic mass is 9.92. The van der Waals surface area contributed by atoms with E-state index >= 15 is 0 Å². The second-order valence-electron chi connectivity index (χ2n) is 18.2. The first kappa shape index (κ1) is 74.9. The quantitative estimate of drug-likeness (QED) is 0.0514. The molecule has 4 amide bonds. The Kier molecular flexibility index (Phi) is 42.7. The number of nitrogens with one attached hydrogen (secondary N) is 4. The maximum atomic E-state index is 13.0. The molecule has 1 fully saturated rings. The number of rotatable bonds is 17. The van der Waals surface area contributed by atoms with Gasteiger partial charge >= 0.3 is 12.2 Å². The molecule has 0 saturated heterocycles. The van der Waals surface area contributed by atoms with Crippen LogP contribution in [0.5, 0.6) is 5.75 Å². The van der Waals surface area contributed by atoms with Crippen molar-refractivity contribution in [1.82, 2.24) is 40.4 Å². The van der Waals surface area contributed by atoms with Crippen molar-refractivity contribution in [3.63, 3.8) is 0 Å². The van der Waals surface area contributed by atoms with Gasteiger partial charge in [0.15, 0.2) is 0 Å². The SMILES string of the molecule is C=C.C=C.C=CC.C=CC.CCC.CCC.CCC.CCCCOC.CCCN(Cc1nc(-c2ccc3c(c2)COc2cc4c(ccc5[nH]c(CN(CCC)C(=O)CNC(=O)OC)nc54)cc2-3)c(C2CC2)[nH]1)C(=O)CNC(=O)OC. The number of carbonyl (C=O) groups excluding carboxylic acids is 4. The van der Waals surface area contributed by atoms with Gasteiger partial charge in [0.1, 0.15) is 37.1 Å². The molecular formula is C64H102N8O8. The van der Waals surface area contributed by atoms with Gasteiger partial charge in [-0.1, -0.05) is 118 Å². The van der Waals surface area contributed by atoms with E-state index in [0.29, 0.717) is 43.8 Å². The van der Waals surface area contributed by atoms with E-state index in [9.17, 15) is 19.2 Å². The van der Waals surface area contributed by atoms with Crippen LogP contribution in [-0.2, 0) is 43.5 Å². The number of alkyl carbamates (subject to hydrolysis) is 2. The fourth-order valence-corrected chi connectivity index (χ4v) is 7.40. The maximum absolute atomic E-state index is 13.0. The van der Waals surface area contributed by atoms with Crippen LogP contribution >= 0.6 is 0 Å². The van der Waals surface area contributed by atoms with Gasteiger partial charge in [0, 0.05) is 54.9 Å². The molecule has 0 spiro atoms. The molecule has 5 aromatic rings. The van der Waals surface area contributed by atoms with Gasteiger partial charge in [-0.3, -0.25) is 9.59 Å². The number of hydrogen-bond acceptors (Lipinski definition) is 10. The summed E-state index contributed by atoms with van der Waals surface area (Å²) >= 11 is 0. The molecule has 2 aliphatic rings. The van der Waals surface area contributed by atoms with Crippen molar-refractivity contribution in [2.24, 2.45) is 0 Å². The number of aromatic nitrogens is 4. The summed E-state index contributed by atoms with van der Waals surface area (Å²) in [5, 5.41) is 6.89. The molecule has 0 bridgehead atoms. The lowest BCUT2D eigenvalue weighted by Crippen LogP contribution is -2.40. The molecule has 4 N–H and O–H groups in total. The van der Waals surface area contributed by atoms with Crippen LogP contribution in [0.15, 0.2) is 94.1 Å². The van der Waals surface area contributed by atoms with Gasteiger partial charge in [-0.05, 0) is 86.7 Å². The highest BCUT2D eigenvalue weighted by atomic mass is 16.5. The van der Waals surface area contributed by atoms with Gasteiger partial charge in [0.25, 0.3) is 0 Å². The van der Waals surface area contributed by atoms with Crippen molar-refractivity contribution in [2.75, 3.05) is 54.1 Å². The highest BCUT2D eigenvalue weighted by Crippen LogP contribution is 2.46. The fourth-order valence-electron chi connectivity index (χ4n) is 7.40. The first-order valence-corrected chi connectivity index (χ1v) is 28.3. The number of fused-ring (bicyclic) bond motifs is 6. The fraction of sp³-hybridized carbons (Fsp3) is 0.500. The molecule has 0 unspecified atom stereocenters. The summed E-state index contributed by atoms with van der Waals surface area (Å²) in [6.07, 6.45) is 12.1. The van der Waals surface area contributed by atoms with Crippen LogP contribution < -0.4 is 15.4 Å². The van der Waals surface area contributed by atoms with Gasteiger partial charge in [0.2, 0.25) is 11.8 Å². The number of unbranched alkanes of at least 4 members (excludes halogenated alkanes) is 1. The Hall–Kier alpha value is -7.20. The van der Waals surface area contributed by atoms with E-state index in [1.54, 1.807) is 29.1 Å². The van der Waals surface area contributed by atoms with Gasteiger partial charge in [-0.25, -0.2) is 19.6 Å². The molecule has 0 radical (unpaired) electrons. The monoisotopic (exact) mass is 1110 g/mol. The number of nitrogens with zero attached hydrogens (tertiary/aromatic N) is 4. The van der Waals surface area contributed by atoms with Crippen LogP contribution in [0.4, 0.5) is 9.59 Å². The minimum Gasteiger partial charge on any atom is -0.488 e. The average Bonchev–Trinajstić information content (AvgIpc) is 4.09. The molecular weight excluding hydrogens is 1010 g/mol. The predicted octanol–water partition coefficient (Wildman–Crippen LogP) is 15.4. The van der Waals surface area contributed by atoms with Gasteiger partial charge in [-0.2, -0.15) is 0 Å². The van der Waals surface area contributed by atoms with E-state index in [1.165, 1.54) is 46.3 Å². The Labute approximate surface area is 481 Å². The minimum atomic E-state index is -0.655. The van der Waals surface area contributed by atoms with Crippen LogP contribution in [0.1, 0.15) is 163 Å². The number of H-pyrrole nitrogens is 2. The number of methoxy groups -OCH3 is 3. The van der Waals surface area contributed by atoms with E-state index in [4.69, 9.17) is 19.4 Å². The maximum Gasteiger partial charge on any atom is 0.407 e. The Morgan fingerprint density at radius 1 is 0.688 bits per heavy atom. The first-order chi connectivity index (χ1) is 38.7. The van der Waals surface area contributed by atoms with Crippen LogP contribution in [0.3, 0.4) is 0 Å². The summed E-state index contributed by atoms with van der Waals surface area (Å²) < 4.78 is 20.4. The first-order valence-electron chi connectivity index (χ1n) is 28.3. The topological polar surface area (TPSA) is 193 Å². The molecule has 1 aliphatic carbocycles. The number of benzene rings is 3. The van der Waals surface area contributed by atoms with E-state index in [1.807, 2.05) is 39.8 Å². The van der Waals surface area contributed by atoms with Crippen molar-refractivity contribution in [2.45, 2.75) is 160 Å². The molecule has 1 aliphatic heterocycles. The molecule has 7 rings (SSSR count). The lowest BCUT2D eigenvalue weighted by molar-refractivity contribution is -0.131.